The molecule has 4 heterocycles. The maximum absolute atomic E-state index is 10.8. The number of hydrogen-bond donors (Lipinski definition) is 0. The predicted molar refractivity (Wildman–Crippen MR) is 389 cm³/mol. The van der Waals surface area contributed by atoms with Crippen LogP contribution >= 0.6 is 0 Å². The fourth-order valence-electron chi connectivity index (χ4n) is 14.3. The number of fused-ring (bicyclic) bond motifs is 9. The molecule has 0 atom stereocenters. The first kappa shape index (κ1) is 58.1. The highest BCUT2D eigenvalue weighted by Crippen LogP contribution is 2.47. The minimum atomic E-state index is 0.155. The highest BCUT2D eigenvalue weighted by atomic mass is 15.0. The molecular formula is C87H46N12. The van der Waals surface area contributed by atoms with Crippen LogP contribution in [0.25, 0.3) is 161 Å². The Morgan fingerprint density at radius 3 is 0.869 bits per heavy atom. The van der Waals surface area contributed by atoms with Crippen LogP contribution in [0.2, 0.25) is 0 Å². The van der Waals surface area contributed by atoms with Gasteiger partial charge in [0.15, 0.2) is 17.5 Å². The van der Waals surface area contributed by atoms with Crippen molar-refractivity contribution in [3.05, 3.63) is 312 Å². The summed E-state index contributed by atoms with van der Waals surface area (Å²) in [6, 6.07) is 106. The third-order valence-electron chi connectivity index (χ3n) is 18.7. The molecule has 454 valence electrons. The first-order chi connectivity index (χ1) is 48.8. The van der Waals surface area contributed by atoms with E-state index in [1.165, 1.54) is 24.3 Å². The monoisotopic (exact) mass is 1260 g/mol. The number of rotatable bonds is 10. The van der Waals surface area contributed by atoms with Crippen LogP contribution in [-0.4, -0.2) is 28.7 Å². The molecule has 0 bridgehead atoms. The standard InChI is InChI=1S/C87H46N12/c88-47-53-39-62(49-90)82(63(40-53)50-91)59-31-37-80-74(43-59)75-44-60(83-64(51-92)41-54(48-89)42-65(83)52-93)32-38-81(75)99(80)84-72(55-27-33-66(34-28-55)97-76-23-11-7-19-68(76)69-20-8-12-24-77(69)97)45-61(87-95-85(57-15-3-1-4-16-57)94-86(96-87)58-17-5-2-6-18-58)46-73(84)56-29-35-67(36-30-56)98-78-25-13-9-21-70(78)71-22-10-14-26-79(71)98/h1-46H. The molecule has 4 aromatic heterocycles. The van der Waals surface area contributed by atoms with Gasteiger partial charge >= 0.3 is 0 Å². The Balaban J connectivity index is 1.00. The van der Waals surface area contributed by atoms with Gasteiger partial charge in [0.2, 0.25) is 0 Å². The SMILES string of the molecule is N#Cc1cc(C#N)c(-c2ccc3c(c2)c2cc(-c4c(C#N)cc(C#N)cc4C#N)ccc2n3-c2c(-c3ccc(-n4c5ccccc5c5ccccc54)cc3)cc(-c3nc(-c4ccccc4)nc(-c4ccccc4)n3)cc2-c2ccc(-n3c4ccccc4c4ccccc43)cc2)c(C#N)c1. The lowest BCUT2D eigenvalue weighted by atomic mass is 9.91. The van der Waals surface area contributed by atoms with Crippen LogP contribution in [0.1, 0.15) is 33.4 Å². The predicted octanol–water partition coefficient (Wildman–Crippen LogP) is 20.1. The zero-order chi connectivity index (χ0) is 66.8. The van der Waals surface area contributed by atoms with Gasteiger partial charge in [0.05, 0.1) is 109 Å². The van der Waals surface area contributed by atoms with Crippen molar-refractivity contribution >= 4 is 65.4 Å². The second kappa shape index (κ2) is 23.6. The summed E-state index contributed by atoms with van der Waals surface area (Å²) >= 11 is 0. The normalized spacial score (nSPS) is 11.2. The number of aromatic nitrogens is 6. The van der Waals surface area contributed by atoms with Gasteiger partial charge in [-0.1, -0.05) is 170 Å². The summed E-state index contributed by atoms with van der Waals surface area (Å²) < 4.78 is 6.84. The average molecular weight is 1260 g/mol. The molecule has 13 aromatic carbocycles. The van der Waals surface area contributed by atoms with Crippen molar-refractivity contribution in [2.45, 2.75) is 0 Å². The van der Waals surface area contributed by atoms with E-state index in [0.717, 1.165) is 105 Å². The number of para-hydroxylation sites is 4. The molecule has 17 rings (SSSR count). The number of nitrogens with zero attached hydrogens (tertiary/aromatic N) is 12. The summed E-state index contributed by atoms with van der Waals surface area (Å²) in [6.45, 7) is 0. The number of hydrogen-bond acceptors (Lipinski definition) is 9. The van der Waals surface area contributed by atoms with E-state index >= 15 is 0 Å². The molecule has 12 nitrogen and oxygen atoms in total. The molecule has 0 radical (unpaired) electrons. The second-order valence-corrected chi connectivity index (χ2v) is 24.2. The lowest BCUT2D eigenvalue weighted by Crippen LogP contribution is -2.04. The summed E-state index contributed by atoms with van der Waals surface area (Å²) in [5, 5.41) is 69.1. The molecule has 0 fully saturated rings. The molecular weight excluding hydrogens is 1210 g/mol. The van der Waals surface area contributed by atoms with Gasteiger partial charge in [-0.3, -0.25) is 0 Å². The van der Waals surface area contributed by atoms with Crippen molar-refractivity contribution in [1.82, 2.24) is 28.7 Å². The van der Waals surface area contributed by atoms with E-state index in [0.29, 0.717) is 56.1 Å². The van der Waals surface area contributed by atoms with E-state index in [1.807, 2.05) is 97.1 Å². The van der Waals surface area contributed by atoms with Crippen molar-refractivity contribution in [2.75, 3.05) is 0 Å². The van der Waals surface area contributed by atoms with E-state index in [2.05, 4.69) is 208 Å². The fourth-order valence-corrected chi connectivity index (χ4v) is 14.3. The van der Waals surface area contributed by atoms with Crippen molar-refractivity contribution < 1.29 is 0 Å². The zero-order valence-electron chi connectivity index (χ0n) is 52.4. The zero-order valence-corrected chi connectivity index (χ0v) is 52.4. The minimum Gasteiger partial charge on any atom is -0.309 e. The average Bonchev–Trinajstić information content (AvgIpc) is 1.61. The van der Waals surface area contributed by atoms with Crippen molar-refractivity contribution in [3.63, 3.8) is 0 Å². The largest absolute Gasteiger partial charge is 0.309 e. The first-order valence-electron chi connectivity index (χ1n) is 31.9. The quantitative estimate of drug-likeness (QED) is 0.128. The maximum Gasteiger partial charge on any atom is 0.164 e. The second-order valence-electron chi connectivity index (χ2n) is 24.2. The molecule has 12 heteroatoms. The fraction of sp³-hybridized carbons (Fsp3) is 0. The topological polar surface area (TPSA) is 196 Å². The molecule has 0 N–H and O–H groups in total. The Hall–Kier alpha value is -14.8. The van der Waals surface area contributed by atoms with Gasteiger partial charge in [-0.25, -0.2) is 15.0 Å². The lowest BCUT2D eigenvalue weighted by molar-refractivity contribution is 1.07. The van der Waals surface area contributed by atoms with Crippen molar-refractivity contribution in [2.24, 2.45) is 0 Å². The number of benzene rings is 13. The Kier molecular flexibility index (Phi) is 13.9. The minimum absolute atomic E-state index is 0.155. The third kappa shape index (κ3) is 9.59. The Morgan fingerprint density at radius 1 is 0.232 bits per heavy atom. The Bertz CT molecular complexity index is 5970. The summed E-state index contributed by atoms with van der Waals surface area (Å²) in [6.07, 6.45) is 0. The molecule has 0 saturated heterocycles. The van der Waals surface area contributed by atoms with Gasteiger partial charge in [-0.2, -0.15) is 31.6 Å². The van der Waals surface area contributed by atoms with Crippen LogP contribution in [0.4, 0.5) is 0 Å². The van der Waals surface area contributed by atoms with Crippen LogP contribution in [0.3, 0.4) is 0 Å². The summed E-state index contributed by atoms with van der Waals surface area (Å²) in [7, 11) is 0. The summed E-state index contributed by atoms with van der Waals surface area (Å²) in [4.78, 5) is 15.9. The summed E-state index contributed by atoms with van der Waals surface area (Å²) in [5.41, 5.74) is 16.9. The third-order valence-corrected chi connectivity index (χ3v) is 18.7. The van der Waals surface area contributed by atoms with Crippen LogP contribution in [0.5, 0.6) is 0 Å². The van der Waals surface area contributed by atoms with Crippen molar-refractivity contribution in [1.29, 1.82) is 31.6 Å². The van der Waals surface area contributed by atoms with E-state index in [9.17, 15) is 31.6 Å². The van der Waals surface area contributed by atoms with E-state index in [-0.39, 0.29) is 33.4 Å². The van der Waals surface area contributed by atoms with Gasteiger partial charge in [0, 0.05) is 82.6 Å². The van der Waals surface area contributed by atoms with E-state index < -0.39 is 0 Å². The van der Waals surface area contributed by atoms with Gasteiger partial charge < -0.3 is 13.7 Å². The molecule has 0 aliphatic carbocycles. The van der Waals surface area contributed by atoms with E-state index in [1.54, 1.807) is 0 Å². The van der Waals surface area contributed by atoms with Gasteiger partial charge in [0.1, 0.15) is 0 Å². The van der Waals surface area contributed by atoms with Crippen molar-refractivity contribution in [3.8, 4) is 132 Å². The molecule has 0 amide bonds. The molecule has 0 unspecified atom stereocenters. The van der Waals surface area contributed by atoms with E-state index in [4.69, 9.17) is 15.0 Å². The van der Waals surface area contributed by atoms with Gasteiger partial charge in [0.25, 0.3) is 0 Å². The Labute approximate surface area is 567 Å². The first-order valence-corrected chi connectivity index (χ1v) is 31.9. The van der Waals surface area contributed by atoms with Gasteiger partial charge in [-0.15, -0.1) is 0 Å². The lowest BCUT2D eigenvalue weighted by Gasteiger charge is -2.22. The molecule has 0 saturated carbocycles. The highest BCUT2D eigenvalue weighted by molar-refractivity contribution is 6.14. The van der Waals surface area contributed by atoms with Crippen LogP contribution in [-0.2, 0) is 0 Å². The molecule has 99 heavy (non-hydrogen) atoms. The highest BCUT2D eigenvalue weighted by Gasteiger charge is 2.27. The van der Waals surface area contributed by atoms with Crippen LogP contribution in [0.15, 0.2) is 279 Å². The van der Waals surface area contributed by atoms with Crippen LogP contribution < -0.4 is 0 Å². The molecule has 17 aromatic rings. The molecule has 0 aliphatic heterocycles. The molecule has 0 aliphatic rings. The number of nitriles is 6. The van der Waals surface area contributed by atoms with Gasteiger partial charge in [-0.05, 0) is 131 Å². The Morgan fingerprint density at radius 2 is 0.535 bits per heavy atom. The molecule has 0 spiro atoms. The maximum atomic E-state index is 10.8. The summed E-state index contributed by atoms with van der Waals surface area (Å²) in [5.74, 6) is 1.42. The smallest absolute Gasteiger partial charge is 0.164 e. The van der Waals surface area contributed by atoms with Crippen LogP contribution in [0, 0.1) is 68.0 Å².